The third-order valence-electron chi connectivity index (χ3n) is 6.47. The van der Waals surface area contributed by atoms with E-state index in [4.69, 9.17) is 18.9 Å². The number of amides is 3. The highest BCUT2D eigenvalue weighted by atomic mass is 16.5. The molecular weight excluding hydrogens is 492 g/mol. The number of ether oxygens (including phenoxy) is 4. The van der Waals surface area contributed by atoms with Crippen LogP contribution in [0.1, 0.15) is 26.4 Å². The smallest absolute Gasteiger partial charge is 0.270 e. The molecule has 11 nitrogen and oxygen atoms in total. The quantitative estimate of drug-likeness (QED) is 0.480. The van der Waals surface area contributed by atoms with Gasteiger partial charge < -0.3 is 39.5 Å². The molecule has 1 aromatic heterocycles. The topological polar surface area (TPSA) is 131 Å². The average Bonchev–Trinajstić information content (AvgIpc) is 3.61. The molecule has 3 aromatic rings. The summed E-state index contributed by atoms with van der Waals surface area (Å²) in [7, 11) is 3.01. The number of rotatable bonds is 3. The van der Waals surface area contributed by atoms with Crippen LogP contribution in [-0.4, -0.2) is 73.7 Å². The van der Waals surface area contributed by atoms with Gasteiger partial charge in [-0.1, -0.05) is 0 Å². The Hall–Kier alpha value is -4.67. The van der Waals surface area contributed by atoms with Gasteiger partial charge in [0.1, 0.15) is 34.8 Å². The minimum atomic E-state index is -0.537. The first-order valence-corrected chi connectivity index (χ1v) is 12.1. The number of fused-ring (bicyclic) bond motifs is 7. The van der Waals surface area contributed by atoms with Gasteiger partial charge in [-0.3, -0.25) is 14.4 Å². The molecular formula is C27H28N4O7. The van der Waals surface area contributed by atoms with E-state index in [1.165, 1.54) is 20.3 Å². The van der Waals surface area contributed by atoms with E-state index in [2.05, 4.69) is 15.6 Å². The Kier molecular flexibility index (Phi) is 7.07. The minimum Gasteiger partial charge on any atom is -0.497 e. The van der Waals surface area contributed by atoms with E-state index in [0.29, 0.717) is 28.7 Å². The average molecular weight is 521 g/mol. The van der Waals surface area contributed by atoms with Gasteiger partial charge in [-0.2, -0.15) is 0 Å². The van der Waals surface area contributed by atoms with E-state index in [1.54, 1.807) is 53.6 Å². The third-order valence-corrected chi connectivity index (χ3v) is 6.47. The zero-order valence-corrected chi connectivity index (χ0v) is 21.0. The van der Waals surface area contributed by atoms with Crippen LogP contribution in [0.25, 0.3) is 0 Å². The standard InChI is InChI=1S/C27H28N4O7/c1-35-19-8-17-9-20(10-19)37-15-25(32)29-12-16-5-6-18(11-23(16)36-2)38-24-14-31(13-22(24)30-26(17)33)27(34)21-4-3-7-28-21/h3-11,22,24,28H,12-15H2,1-2H3,(H,29,32)(H,30,33)/t22-,24-/m0/s1. The molecule has 0 unspecified atom stereocenters. The van der Waals surface area contributed by atoms with Gasteiger partial charge >= 0.3 is 0 Å². The molecule has 1 fully saturated rings. The number of carbonyl (C=O) groups excluding carboxylic acids is 3. The van der Waals surface area contributed by atoms with Crippen molar-refractivity contribution in [3.05, 3.63) is 71.5 Å². The summed E-state index contributed by atoms with van der Waals surface area (Å²) in [4.78, 5) is 43.4. The molecule has 0 spiro atoms. The monoisotopic (exact) mass is 520 g/mol. The van der Waals surface area contributed by atoms with Crippen LogP contribution in [0.15, 0.2) is 54.7 Å². The van der Waals surface area contributed by atoms with Gasteiger partial charge in [-0.15, -0.1) is 0 Å². The van der Waals surface area contributed by atoms with Crippen LogP contribution in [0.5, 0.6) is 23.0 Å². The molecule has 4 heterocycles. The Balaban J connectivity index is 1.49. The number of methoxy groups -OCH3 is 2. The third kappa shape index (κ3) is 5.36. The summed E-state index contributed by atoms with van der Waals surface area (Å²) in [6.45, 7) is 0.475. The predicted molar refractivity (Wildman–Crippen MR) is 136 cm³/mol. The van der Waals surface area contributed by atoms with E-state index in [0.717, 1.165) is 5.56 Å². The summed E-state index contributed by atoms with van der Waals surface area (Å²) < 4.78 is 22.8. The van der Waals surface area contributed by atoms with Gasteiger partial charge in [0.15, 0.2) is 6.61 Å². The second-order valence-corrected chi connectivity index (χ2v) is 8.97. The number of aromatic amines is 1. The number of nitrogens with one attached hydrogen (secondary N) is 3. The number of benzene rings is 2. The van der Waals surface area contributed by atoms with E-state index in [9.17, 15) is 14.4 Å². The summed E-state index contributed by atoms with van der Waals surface area (Å²) in [6, 6.07) is 12.9. The van der Waals surface area contributed by atoms with Gasteiger partial charge in [0.25, 0.3) is 17.7 Å². The van der Waals surface area contributed by atoms with Crippen LogP contribution >= 0.6 is 0 Å². The predicted octanol–water partition coefficient (Wildman–Crippen LogP) is 1.74. The minimum absolute atomic E-state index is 0.191. The molecule has 3 N–H and O–H groups in total. The fraction of sp³-hybridized carbons (Fsp3) is 0.296. The van der Waals surface area contributed by atoms with Crippen LogP contribution < -0.4 is 29.6 Å². The number of H-pyrrole nitrogens is 1. The normalized spacial score (nSPS) is 19.4. The summed E-state index contributed by atoms with van der Waals surface area (Å²) in [5.74, 6) is 0.807. The van der Waals surface area contributed by atoms with Crippen LogP contribution in [0.4, 0.5) is 0 Å². The fourth-order valence-corrected chi connectivity index (χ4v) is 4.50. The zero-order valence-electron chi connectivity index (χ0n) is 21.0. The fourth-order valence-electron chi connectivity index (χ4n) is 4.50. The molecule has 1 saturated heterocycles. The molecule has 4 bridgehead atoms. The summed E-state index contributed by atoms with van der Waals surface area (Å²) in [6.07, 6.45) is 1.15. The van der Waals surface area contributed by atoms with Crippen molar-refractivity contribution < 1.29 is 33.3 Å². The number of carbonyl (C=O) groups is 3. The van der Waals surface area contributed by atoms with E-state index >= 15 is 0 Å². The van der Waals surface area contributed by atoms with Gasteiger partial charge in [0, 0.05) is 42.5 Å². The molecule has 2 atom stereocenters. The molecule has 0 saturated carbocycles. The van der Waals surface area contributed by atoms with Gasteiger partial charge in [-0.25, -0.2) is 0 Å². The van der Waals surface area contributed by atoms with Crippen molar-refractivity contribution in [2.75, 3.05) is 33.9 Å². The molecule has 198 valence electrons. The lowest BCUT2D eigenvalue weighted by Crippen LogP contribution is -2.45. The Labute approximate surface area is 219 Å². The van der Waals surface area contributed by atoms with Crippen molar-refractivity contribution in [3.8, 4) is 23.0 Å². The summed E-state index contributed by atoms with van der Waals surface area (Å²) >= 11 is 0. The second kappa shape index (κ2) is 10.8. The van der Waals surface area contributed by atoms with E-state index in [-0.39, 0.29) is 43.6 Å². The van der Waals surface area contributed by atoms with Crippen LogP contribution in [0.2, 0.25) is 0 Å². The largest absolute Gasteiger partial charge is 0.497 e. The molecule has 2 aromatic carbocycles. The Morgan fingerprint density at radius 3 is 2.66 bits per heavy atom. The SMILES string of the molecule is COc1cc2cc(c1)C(=O)N[C@H]1CN(C(=O)c3ccc[nH]3)C[C@@H]1Oc1ccc(c(OC)c1)CNC(=O)CO2. The van der Waals surface area contributed by atoms with Crippen molar-refractivity contribution in [2.24, 2.45) is 0 Å². The van der Waals surface area contributed by atoms with Crippen LogP contribution in [-0.2, 0) is 11.3 Å². The maximum absolute atomic E-state index is 13.3. The first-order valence-electron chi connectivity index (χ1n) is 12.1. The van der Waals surface area contributed by atoms with Crippen molar-refractivity contribution in [3.63, 3.8) is 0 Å². The van der Waals surface area contributed by atoms with E-state index in [1.807, 2.05) is 0 Å². The maximum atomic E-state index is 13.3. The first kappa shape index (κ1) is 25.0. The lowest BCUT2D eigenvalue weighted by molar-refractivity contribution is -0.123. The first-order chi connectivity index (χ1) is 18.4. The number of hydrogen-bond donors (Lipinski definition) is 3. The lowest BCUT2D eigenvalue weighted by Gasteiger charge is -2.22. The highest BCUT2D eigenvalue weighted by molar-refractivity contribution is 5.96. The number of aromatic nitrogens is 1. The number of likely N-dealkylation sites (tertiary alicyclic amines) is 1. The van der Waals surface area contributed by atoms with Crippen molar-refractivity contribution in [1.82, 2.24) is 20.5 Å². The van der Waals surface area contributed by atoms with Crippen molar-refractivity contribution >= 4 is 17.7 Å². The molecule has 11 heteroatoms. The molecule has 0 radical (unpaired) electrons. The van der Waals surface area contributed by atoms with Crippen molar-refractivity contribution in [2.45, 2.75) is 18.7 Å². The van der Waals surface area contributed by atoms with Crippen LogP contribution in [0.3, 0.4) is 0 Å². The Morgan fingerprint density at radius 2 is 1.89 bits per heavy atom. The second-order valence-electron chi connectivity index (χ2n) is 8.97. The lowest BCUT2D eigenvalue weighted by atomic mass is 10.1. The highest BCUT2D eigenvalue weighted by Crippen LogP contribution is 2.28. The number of hydrogen-bond acceptors (Lipinski definition) is 7. The molecule has 3 amide bonds. The Morgan fingerprint density at radius 1 is 1.03 bits per heavy atom. The molecule has 6 rings (SSSR count). The van der Waals surface area contributed by atoms with Gasteiger partial charge in [0.05, 0.1) is 26.8 Å². The molecule has 3 aliphatic rings. The van der Waals surface area contributed by atoms with E-state index < -0.39 is 18.1 Å². The van der Waals surface area contributed by atoms with Gasteiger partial charge in [-0.05, 0) is 36.4 Å². The Bertz CT molecular complexity index is 1340. The molecule has 38 heavy (non-hydrogen) atoms. The number of nitrogens with zero attached hydrogens (tertiary/aromatic N) is 1. The maximum Gasteiger partial charge on any atom is 0.270 e. The van der Waals surface area contributed by atoms with Crippen molar-refractivity contribution in [1.29, 1.82) is 0 Å². The highest BCUT2D eigenvalue weighted by Gasteiger charge is 2.39. The van der Waals surface area contributed by atoms with Crippen LogP contribution in [0, 0.1) is 0 Å². The molecule has 0 aliphatic carbocycles. The summed E-state index contributed by atoms with van der Waals surface area (Å²) in [5, 5.41) is 5.80. The summed E-state index contributed by atoms with van der Waals surface area (Å²) in [5.41, 5.74) is 1.48. The zero-order chi connectivity index (χ0) is 26.6. The van der Waals surface area contributed by atoms with Gasteiger partial charge in [0.2, 0.25) is 0 Å². The molecule has 3 aliphatic heterocycles.